The van der Waals surface area contributed by atoms with Gasteiger partial charge in [0.05, 0.1) is 6.21 Å². The topological polar surface area (TPSA) is 79.8 Å². The molecule has 0 saturated carbocycles. The molecule has 0 saturated heterocycles. The summed E-state index contributed by atoms with van der Waals surface area (Å²) in [6, 6.07) is 14.7. The van der Waals surface area contributed by atoms with Crippen LogP contribution in [0, 0.1) is 0 Å². The number of benzene rings is 2. The number of halogens is 1. The zero-order chi connectivity index (χ0) is 19.5. The molecule has 0 radical (unpaired) electrons. The molecular weight excluding hydrogens is 366 g/mol. The van der Waals surface area contributed by atoms with Crippen molar-refractivity contribution in [1.82, 2.24) is 10.7 Å². The molecule has 0 unspecified atom stereocenters. The summed E-state index contributed by atoms with van der Waals surface area (Å²) in [5.41, 5.74) is 3.98. The predicted octanol–water partition coefficient (Wildman–Crippen LogP) is 3.29. The van der Waals surface area contributed by atoms with Gasteiger partial charge >= 0.3 is 11.8 Å². The number of nitrogens with one attached hydrogen (secondary N) is 2. The summed E-state index contributed by atoms with van der Waals surface area (Å²) in [5, 5.41) is 6.99. The fourth-order valence-corrected chi connectivity index (χ4v) is 2.20. The third-order valence-corrected chi connectivity index (χ3v) is 3.85. The maximum absolute atomic E-state index is 11.6. The van der Waals surface area contributed by atoms with Crippen molar-refractivity contribution < 1.29 is 14.3 Å². The van der Waals surface area contributed by atoms with Crippen LogP contribution in [0.1, 0.15) is 30.9 Å². The van der Waals surface area contributed by atoms with Crippen molar-refractivity contribution in [3.05, 3.63) is 64.7 Å². The van der Waals surface area contributed by atoms with Crippen LogP contribution in [0.25, 0.3) is 0 Å². The van der Waals surface area contributed by atoms with Crippen molar-refractivity contribution in [2.24, 2.45) is 5.10 Å². The van der Waals surface area contributed by atoms with E-state index in [1.54, 1.807) is 24.3 Å². The highest BCUT2D eigenvalue weighted by Gasteiger charge is 2.10. The summed E-state index contributed by atoms with van der Waals surface area (Å²) in [4.78, 5) is 23.0. The van der Waals surface area contributed by atoms with Gasteiger partial charge in [0.2, 0.25) is 0 Å². The van der Waals surface area contributed by atoms with Crippen LogP contribution in [-0.2, 0) is 16.2 Å². The quantitative estimate of drug-likeness (QED) is 0.315. The molecule has 6 nitrogen and oxygen atoms in total. The smallest absolute Gasteiger partial charge is 0.329 e. The molecular formula is C20H22ClN3O3. The minimum Gasteiger partial charge on any atom is -0.489 e. The van der Waals surface area contributed by atoms with Crippen LogP contribution in [0.2, 0.25) is 5.02 Å². The Labute approximate surface area is 163 Å². The van der Waals surface area contributed by atoms with Gasteiger partial charge in [-0.2, -0.15) is 5.10 Å². The monoisotopic (exact) mass is 387 g/mol. The molecule has 7 heteroatoms. The van der Waals surface area contributed by atoms with Crippen molar-refractivity contribution in [3.63, 3.8) is 0 Å². The van der Waals surface area contributed by atoms with Crippen LogP contribution >= 0.6 is 11.6 Å². The highest BCUT2D eigenvalue weighted by molar-refractivity contribution is 6.35. The highest BCUT2D eigenvalue weighted by Crippen LogP contribution is 2.15. The third kappa shape index (κ3) is 7.50. The zero-order valence-corrected chi connectivity index (χ0v) is 15.8. The second-order valence-corrected chi connectivity index (χ2v) is 6.23. The average molecular weight is 388 g/mol. The molecule has 2 amide bonds. The highest BCUT2D eigenvalue weighted by atomic mass is 35.5. The number of carbonyl (C=O) groups is 2. The summed E-state index contributed by atoms with van der Waals surface area (Å²) in [6.45, 7) is 2.92. The maximum Gasteiger partial charge on any atom is 0.329 e. The Hall–Kier alpha value is -2.86. The Morgan fingerprint density at radius 1 is 1.07 bits per heavy atom. The van der Waals surface area contributed by atoms with E-state index in [0.717, 1.165) is 24.0 Å². The van der Waals surface area contributed by atoms with Crippen molar-refractivity contribution in [3.8, 4) is 5.75 Å². The SMILES string of the molecule is CCCCNC(=O)C(=O)N/N=C\c1ccc(OCc2ccc(Cl)cc2)cc1. The number of ether oxygens (including phenoxy) is 1. The van der Waals surface area contributed by atoms with Gasteiger partial charge in [-0.1, -0.05) is 37.1 Å². The molecule has 0 aliphatic heterocycles. The molecule has 2 N–H and O–H groups in total. The lowest BCUT2D eigenvalue weighted by atomic mass is 10.2. The van der Waals surface area contributed by atoms with Gasteiger partial charge in [-0.15, -0.1) is 0 Å². The number of hydrazone groups is 1. The molecule has 0 aliphatic carbocycles. The Kier molecular flexibility index (Phi) is 8.32. The zero-order valence-electron chi connectivity index (χ0n) is 15.1. The predicted molar refractivity (Wildman–Crippen MR) is 106 cm³/mol. The first-order valence-corrected chi connectivity index (χ1v) is 9.05. The van der Waals surface area contributed by atoms with Crippen molar-refractivity contribution in [2.75, 3.05) is 6.54 Å². The second-order valence-electron chi connectivity index (χ2n) is 5.79. The number of unbranched alkanes of at least 4 members (excludes halogenated alkanes) is 1. The van der Waals surface area contributed by atoms with Crippen LogP contribution < -0.4 is 15.5 Å². The van der Waals surface area contributed by atoms with E-state index in [2.05, 4.69) is 15.8 Å². The summed E-state index contributed by atoms with van der Waals surface area (Å²) in [7, 11) is 0. The Bertz CT molecular complexity index is 774. The third-order valence-electron chi connectivity index (χ3n) is 3.60. The van der Waals surface area contributed by atoms with E-state index in [1.807, 2.05) is 31.2 Å². The number of carbonyl (C=O) groups excluding carboxylic acids is 2. The van der Waals surface area contributed by atoms with E-state index in [9.17, 15) is 9.59 Å². The molecule has 27 heavy (non-hydrogen) atoms. The van der Waals surface area contributed by atoms with Crippen LogP contribution in [0.3, 0.4) is 0 Å². The lowest BCUT2D eigenvalue weighted by molar-refractivity contribution is -0.139. The largest absolute Gasteiger partial charge is 0.489 e. The molecule has 2 aromatic rings. The van der Waals surface area contributed by atoms with Gasteiger partial charge < -0.3 is 10.1 Å². The standard InChI is InChI=1S/C20H22ClN3O3/c1-2-3-12-22-19(25)20(26)24-23-13-15-6-10-18(11-7-15)27-14-16-4-8-17(21)9-5-16/h4-11,13H,2-3,12,14H2,1H3,(H,22,25)(H,24,26)/b23-13-. The van der Waals surface area contributed by atoms with Gasteiger partial charge in [0.15, 0.2) is 0 Å². The lowest BCUT2D eigenvalue weighted by Crippen LogP contribution is -2.38. The van der Waals surface area contributed by atoms with Crippen LogP contribution in [0.4, 0.5) is 0 Å². The van der Waals surface area contributed by atoms with Crippen molar-refractivity contribution in [1.29, 1.82) is 0 Å². The van der Waals surface area contributed by atoms with Gasteiger partial charge in [0.1, 0.15) is 12.4 Å². The first kappa shape index (κ1) is 20.5. The molecule has 0 heterocycles. The lowest BCUT2D eigenvalue weighted by Gasteiger charge is -2.06. The van der Waals surface area contributed by atoms with E-state index < -0.39 is 11.8 Å². The first-order valence-electron chi connectivity index (χ1n) is 8.67. The number of hydrogen-bond acceptors (Lipinski definition) is 4. The van der Waals surface area contributed by atoms with Gasteiger partial charge in [-0.3, -0.25) is 9.59 Å². The fraction of sp³-hybridized carbons (Fsp3) is 0.250. The number of hydrogen-bond donors (Lipinski definition) is 2. The van der Waals surface area contributed by atoms with Crippen molar-refractivity contribution >= 4 is 29.6 Å². The molecule has 0 aliphatic rings. The Morgan fingerprint density at radius 3 is 2.44 bits per heavy atom. The summed E-state index contributed by atoms with van der Waals surface area (Å²) in [6.07, 6.45) is 3.23. The van der Waals surface area contributed by atoms with E-state index in [0.29, 0.717) is 23.9 Å². The van der Waals surface area contributed by atoms with E-state index in [4.69, 9.17) is 16.3 Å². The summed E-state index contributed by atoms with van der Waals surface area (Å²) < 4.78 is 5.70. The maximum atomic E-state index is 11.6. The minimum absolute atomic E-state index is 0.438. The van der Waals surface area contributed by atoms with E-state index in [-0.39, 0.29) is 0 Å². The van der Waals surface area contributed by atoms with E-state index >= 15 is 0 Å². The van der Waals surface area contributed by atoms with Crippen LogP contribution in [0.5, 0.6) is 5.75 Å². The molecule has 0 atom stereocenters. The Morgan fingerprint density at radius 2 is 1.78 bits per heavy atom. The minimum atomic E-state index is -0.787. The van der Waals surface area contributed by atoms with E-state index in [1.165, 1.54) is 6.21 Å². The van der Waals surface area contributed by atoms with Crippen LogP contribution in [-0.4, -0.2) is 24.6 Å². The Balaban J connectivity index is 1.77. The van der Waals surface area contributed by atoms with Gasteiger partial charge in [0, 0.05) is 11.6 Å². The summed E-state index contributed by atoms with van der Waals surface area (Å²) in [5.74, 6) is -0.766. The van der Waals surface area contributed by atoms with Gasteiger partial charge in [-0.05, 0) is 53.9 Å². The average Bonchev–Trinajstić information content (AvgIpc) is 2.68. The van der Waals surface area contributed by atoms with Crippen molar-refractivity contribution in [2.45, 2.75) is 26.4 Å². The fourth-order valence-electron chi connectivity index (χ4n) is 2.07. The number of amides is 2. The number of nitrogens with zero attached hydrogens (tertiary/aromatic N) is 1. The molecule has 0 fully saturated rings. The normalized spacial score (nSPS) is 10.6. The molecule has 0 spiro atoms. The molecule has 142 valence electrons. The van der Waals surface area contributed by atoms with Gasteiger partial charge in [0.25, 0.3) is 0 Å². The summed E-state index contributed by atoms with van der Waals surface area (Å²) >= 11 is 5.85. The van der Waals surface area contributed by atoms with Crippen LogP contribution in [0.15, 0.2) is 53.6 Å². The number of rotatable bonds is 8. The molecule has 0 bridgehead atoms. The first-order chi connectivity index (χ1) is 13.1. The molecule has 0 aromatic heterocycles. The molecule has 2 aromatic carbocycles. The molecule has 2 rings (SSSR count). The van der Waals surface area contributed by atoms with Gasteiger partial charge in [-0.25, -0.2) is 5.43 Å². The second kappa shape index (κ2) is 11.0.